The van der Waals surface area contributed by atoms with Crippen LogP contribution in [0.1, 0.15) is 79.2 Å². The van der Waals surface area contributed by atoms with Gasteiger partial charge in [-0.05, 0) is 48.2 Å². The first-order chi connectivity index (χ1) is 22.9. The molecule has 0 bridgehead atoms. The molecule has 0 aliphatic carbocycles. The highest BCUT2D eigenvalue weighted by atomic mass is 16.7. The van der Waals surface area contributed by atoms with Crippen LogP contribution in [0.5, 0.6) is 0 Å². The molecule has 3 aromatic carbocycles. The second-order valence-electron chi connectivity index (χ2n) is 12.7. The molecule has 252 valence electrons. The number of ether oxygens (including phenoxy) is 3. The van der Waals surface area contributed by atoms with Crippen LogP contribution >= 0.6 is 0 Å². The van der Waals surface area contributed by atoms with E-state index in [4.69, 9.17) is 14.2 Å². The maximum Gasteiger partial charge on any atom is 0.328 e. The predicted molar refractivity (Wildman–Crippen MR) is 180 cm³/mol. The van der Waals surface area contributed by atoms with Crippen molar-refractivity contribution in [2.24, 2.45) is 5.92 Å². The molecule has 0 radical (unpaired) electrons. The summed E-state index contributed by atoms with van der Waals surface area (Å²) in [6.07, 6.45) is 5.94. The number of carbonyl (C=O) groups excluding carboxylic acids is 2. The number of nitrogens with zero attached hydrogens (tertiary/aromatic N) is 1. The lowest BCUT2D eigenvalue weighted by Gasteiger charge is -2.43. The Morgan fingerprint density at radius 1 is 0.851 bits per heavy atom. The number of methoxy groups -OCH3 is 1. The van der Waals surface area contributed by atoms with E-state index in [2.05, 4.69) is 22.5 Å². The quantitative estimate of drug-likeness (QED) is 0.226. The maximum absolute atomic E-state index is 12.7. The molecule has 2 fully saturated rings. The summed E-state index contributed by atoms with van der Waals surface area (Å²) < 4.78 is 18.3. The molecular weight excluding hydrogens is 594 g/mol. The molecular formula is C38H49N3O6. The van der Waals surface area contributed by atoms with Gasteiger partial charge in [0.1, 0.15) is 6.04 Å². The molecule has 0 spiro atoms. The molecule has 2 aliphatic rings. The van der Waals surface area contributed by atoms with E-state index < -0.39 is 24.3 Å². The van der Waals surface area contributed by atoms with Crippen LogP contribution in [-0.2, 0) is 38.6 Å². The first kappa shape index (κ1) is 34.6. The minimum atomic E-state index is -0.799. The lowest BCUT2D eigenvalue weighted by molar-refractivity contribution is -0.276. The van der Waals surface area contributed by atoms with E-state index in [0.29, 0.717) is 6.42 Å². The van der Waals surface area contributed by atoms with Gasteiger partial charge < -0.3 is 34.9 Å². The normalized spacial score (nSPS) is 22.8. The summed E-state index contributed by atoms with van der Waals surface area (Å²) in [6, 6.07) is 24.2. The summed E-state index contributed by atoms with van der Waals surface area (Å²) in [5.41, 5.74) is 4.68. The van der Waals surface area contributed by atoms with E-state index in [-0.39, 0.29) is 31.3 Å². The average Bonchev–Trinajstić information content (AvgIpc) is 3.09. The van der Waals surface area contributed by atoms with Crippen LogP contribution in [0.15, 0.2) is 78.9 Å². The Morgan fingerprint density at radius 2 is 1.49 bits per heavy atom. The topological polar surface area (TPSA) is 109 Å². The van der Waals surface area contributed by atoms with Crippen LogP contribution < -0.4 is 10.6 Å². The highest BCUT2D eigenvalue weighted by molar-refractivity contribution is 5.83. The largest absolute Gasteiger partial charge is 0.467 e. The Bertz CT molecular complexity index is 1390. The van der Waals surface area contributed by atoms with Gasteiger partial charge in [0, 0.05) is 31.0 Å². The molecule has 2 aliphatic heterocycles. The number of aliphatic hydroxyl groups excluding tert-OH is 1. The number of likely N-dealkylation sites (tertiary alicyclic amines) is 1. The van der Waals surface area contributed by atoms with Gasteiger partial charge in [-0.3, -0.25) is 0 Å². The second kappa shape index (κ2) is 17.4. The number of esters is 1. The summed E-state index contributed by atoms with van der Waals surface area (Å²) in [4.78, 5) is 27.6. The number of hydrogen-bond acceptors (Lipinski definition) is 7. The first-order valence-electron chi connectivity index (χ1n) is 16.9. The van der Waals surface area contributed by atoms with Crippen LogP contribution in [0.2, 0.25) is 0 Å². The molecule has 9 heteroatoms. The van der Waals surface area contributed by atoms with Crippen molar-refractivity contribution in [1.29, 1.82) is 0 Å². The first-order valence-corrected chi connectivity index (χ1v) is 16.9. The molecule has 0 unspecified atom stereocenters. The van der Waals surface area contributed by atoms with Crippen LogP contribution in [-0.4, -0.2) is 60.9 Å². The van der Waals surface area contributed by atoms with E-state index in [1.54, 1.807) is 0 Å². The van der Waals surface area contributed by atoms with Crippen molar-refractivity contribution in [1.82, 2.24) is 15.5 Å². The third kappa shape index (κ3) is 9.87. The fourth-order valence-electron chi connectivity index (χ4n) is 6.45. The zero-order valence-corrected chi connectivity index (χ0v) is 27.6. The average molecular weight is 644 g/mol. The van der Waals surface area contributed by atoms with Gasteiger partial charge >= 0.3 is 12.0 Å². The molecule has 0 saturated carbocycles. The number of aliphatic hydroxyl groups is 1. The number of nitrogens with one attached hydrogen (secondary N) is 2. The van der Waals surface area contributed by atoms with Crippen LogP contribution in [0.25, 0.3) is 0 Å². The predicted octanol–water partition coefficient (Wildman–Crippen LogP) is 5.82. The molecule has 2 amide bonds. The molecule has 2 heterocycles. The number of hydrogen-bond donors (Lipinski definition) is 3. The number of rotatable bonds is 11. The van der Waals surface area contributed by atoms with Crippen molar-refractivity contribution >= 4 is 12.0 Å². The summed E-state index contributed by atoms with van der Waals surface area (Å²) in [7, 11) is 1.31. The van der Waals surface area contributed by atoms with Gasteiger partial charge in [-0.1, -0.05) is 105 Å². The summed E-state index contributed by atoms with van der Waals surface area (Å²) in [5.74, 6) is -0.364. The number of amides is 2. The second-order valence-corrected chi connectivity index (χ2v) is 12.7. The van der Waals surface area contributed by atoms with Gasteiger partial charge in [-0.2, -0.15) is 0 Å². The minimum absolute atomic E-state index is 0.00704. The highest BCUT2D eigenvalue weighted by Gasteiger charge is 2.39. The van der Waals surface area contributed by atoms with E-state index in [9.17, 15) is 14.7 Å². The Labute approximate surface area is 278 Å². The standard InChI is InChI=1S/C38H49N3O6/c1-27-34(25-41-21-9-4-3-5-10-22-41)46-37(47-35(27)31-17-15-30(26-42)16-18-31)32-19-13-29(14-20-32)24-39-38(44)40-33(36(43)45-2)23-28-11-7-6-8-12-28/h6-8,11-20,27,33-35,37,42H,3-5,9-10,21-26H2,1-2H3,(H2,39,40,44)/t27-,33+,34+,35+,37+/m1/s1. The molecule has 2 saturated heterocycles. The van der Waals surface area contributed by atoms with Crippen molar-refractivity contribution in [2.75, 3.05) is 26.7 Å². The Morgan fingerprint density at radius 3 is 2.15 bits per heavy atom. The number of carbonyl (C=O) groups is 2. The molecule has 3 N–H and O–H groups in total. The highest BCUT2D eigenvalue weighted by Crippen LogP contribution is 2.42. The van der Waals surface area contributed by atoms with E-state index in [1.807, 2.05) is 78.9 Å². The van der Waals surface area contributed by atoms with Crippen molar-refractivity contribution in [2.45, 2.75) is 83.1 Å². The fourth-order valence-corrected chi connectivity index (χ4v) is 6.45. The van der Waals surface area contributed by atoms with Gasteiger partial charge in [0.05, 0.1) is 25.9 Å². The van der Waals surface area contributed by atoms with E-state index in [0.717, 1.165) is 47.5 Å². The maximum atomic E-state index is 12.7. The molecule has 5 atom stereocenters. The zero-order chi connectivity index (χ0) is 33.0. The smallest absolute Gasteiger partial charge is 0.328 e. The number of urea groups is 1. The molecule has 0 aromatic heterocycles. The summed E-state index contributed by atoms with van der Waals surface area (Å²) in [6.45, 7) is 5.55. The molecule has 5 rings (SSSR count). The molecule has 47 heavy (non-hydrogen) atoms. The summed E-state index contributed by atoms with van der Waals surface area (Å²) >= 11 is 0. The molecule has 9 nitrogen and oxygen atoms in total. The Balaban J connectivity index is 1.23. The lowest BCUT2D eigenvalue weighted by atomic mass is 9.89. The zero-order valence-electron chi connectivity index (χ0n) is 27.6. The van der Waals surface area contributed by atoms with Gasteiger partial charge in [-0.25, -0.2) is 9.59 Å². The fraction of sp³-hybridized carbons (Fsp3) is 0.474. The number of benzene rings is 3. The van der Waals surface area contributed by atoms with Gasteiger partial charge in [-0.15, -0.1) is 0 Å². The van der Waals surface area contributed by atoms with Gasteiger partial charge in [0.2, 0.25) is 0 Å². The van der Waals surface area contributed by atoms with Crippen LogP contribution in [0.3, 0.4) is 0 Å². The van der Waals surface area contributed by atoms with Crippen molar-refractivity contribution < 1.29 is 28.9 Å². The summed E-state index contributed by atoms with van der Waals surface area (Å²) in [5, 5.41) is 15.2. The third-order valence-electron chi connectivity index (χ3n) is 9.29. The van der Waals surface area contributed by atoms with Gasteiger partial charge in [0.25, 0.3) is 0 Å². The van der Waals surface area contributed by atoms with E-state index in [1.165, 1.54) is 39.2 Å². The van der Waals surface area contributed by atoms with Crippen molar-refractivity contribution in [3.05, 3.63) is 107 Å². The molecule has 3 aromatic rings. The monoisotopic (exact) mass is 643 g/mol. The minimum Gasteiger partial charge on any atom is -0.467 e. The van der Waals surface area contributed by atoms with Crippen LogP contribution in [0.4, 0.5) is 4.79 Å². The van der Waals surface area contributed by atoms with Crippen molar-refractivity contribution in [3.63, 3.8) is 0 Å². The lowest BCUT2D eigenvalue weighted by Crippen LogP contribution is -2.47. The third-order valence-corrected chi connectivity index (χ3v) is 9.29. The SMILES string of the molecule is COC(=O)[C@H](Cc1ccccc1)NC(=O)NCc1ccc([C@H]2O[C@@H](CN3CCCCCCC3)[C@@H](C)[C@@H](c3ccc(CO)cc3)O2)cc1. The van der Waals surface area contributed by atoms with E-state index >= 15 is 0 Å². The Hall–Kier alpha value is -3.76. The van der Waals surface area contributed by atoms with Crippen molar-refractivity contribution in [3.8, 4) is 0 Å². The Kier molecular flexibility index (Phi) is 12.8. The van der Waals surface area contributed by atoms with Gasteiger partial charge in [0.15, 0.2) is 6.29 Å². The van der Waals surface area contributed by atoms with Crippen LogP contribution in [0, 0.1) is 5.92 Å².